The molecule has 0 aliphatic heterocycles. The lowest BCUT2D eigenvalue weighted by Crippen LogP contribution is -2.51. The van der Waals surface area contributed by atoms with Crippen molar-refractivity contribution in [1.29, 1.82) is 0 Å². The van der Waals surface area contributed by atoms with Crippen molar-refractivity contribution < 1.29 is 30.0 Å². The highest BCUT2D eigenvalue weighted by molar-refractivity contribution is 6.34. The summed E-state index contributed by atoms with van der Waals surface area (Å²) < 4.78 is 0. The van der Waals surface area contributed by atoms with Gasteiger partial charge in [0.25, 0.3) is 5.91 Å². The monoisotopic (exact) mass is 502 g/mol. The van der Waals surface area contributed by atoms with Crippen LogP contribution in [0.15, 0.2) is 34.3 Å². The summed E-state index contributed by atoms with van der Waals surface area (Å²) in [5.41, 5.74) is 4.30. The summed E-state index contributed by atoms with van der Waals surface area (Å²) in [7, 11) is 0. The number of Topliss-reactive ketones (excluding diaryl/α,β-unsaturated/α-hetero) is 1. The molecule has 0 spiro atoms. The van der Waals surface area contributed by atoms with Crippen LogP contribution in [-0.4, -0.2) is 44.3 Å². The number of phenols is 1. The number of amides is 1. The van der Waals surface area contributed by atoms with Gasteiger partial charge in [-0.3, -0.25) is 9.59 Å². The number of ketones is 1. The lowest BCUT2D eigenvalue weighted by atomic mass is 9.61. The molecule has 0 saturated carbocycles. The third kappa shape index (κ3) is 4.13. The number of benzene rings is 1. The van der Waals surface area contributed by atoms with Gasteiger partial charge in [-0.15, -0.1) is 0 Å². The van der Waals surface area contributed by atoms with Crippen LogP contribution in [0.4, 0.5) is 0 Å². The molecule has 3 aliphatic rings. The van der Waals surface area contributed by atoms with Crippen LogP contribution in [0.2, 0.25) is 5.02 Å². The largest absolute Gasteiger partial charge is 0.512 e. The van der Waals surface area contributed by atoms with Gasteiger partial charge >= 0.3 is 0 Å². The maximum absolute atomic E-state index is 13.7. The molecule has 7 N–H and O–H groups in total. The van der Waals surface area contributed by atoms with Crippen molar-refractivity contribution >= 4 is 29.4 Å². The Labute approximate surface area is 208 Å². The van der Waals surface area contributed by atoms with Gasteiger partial charge in [-0.1, -0.05) is 32.4 Å². The van der Waals surface area contributed by atoms with Crippen molar-refractivity contribution in [2.24, 2.45) is 23.0 Å². The summed E-state index contributed by atoms with van der Waals surface area (Å²) in [6.07, 6.45) is 1.91. The second-order valence-electron chi connectivity index (χ2n) is 11.1. The molecule has 1 aromatic carbocycles. The molecule has 188 valence electrons. The van der Waals surface area contributed by atoms with E-state index in [-0.39, 0.29) is 53.0 Å². The molecule has 3 aliphatic carbocycles. The number of rotatable bonds is 4. The highest BCUT2D eigenvalue weighted by Gasteiger charge is 2.54. The van der Waals surface area contributed by atoms with Crippen LogP contribution in [0, 0.1) is 17.3 Å². The molecule has 1 aromatic rings. The van der Waals surface area contributed by atoms with Gasteiger partial charge < -0.3 is 31.5 Å². The number of nitrogens with one attached hydrogen (secondary N) is 1. The van der Waals surface area contributed by atoms with Gasteiger partial charge in [0.05, 0.1) is 22.6 Å². The first kappa shape index (κ1) is 25.3. The highest BCUT2D eigenvalue weighted by Crippen LogP contribution is 2.53. The lowest BCUT2D eigenvalue weighted by molar-refractivity contribution is -0.119. The maximum Gasteiger partial charge on any atom is 0.250 e. The molecule has 3 atom stereocenters. The van der Waals surface area contributed by atoms with Crippen LogP contribution in [-0.2, 0) is 11.3 Å². The fourth-order valence-corrected chi connectivity index (χ4v) is 5.91. The molecule has 0 radical (unpaired) electrons. The number of aromatic hydroxyl groups is 1. The van der Waals surface area contributed by atoms with E-state index in [0.29, 0.717) is 28.3 Å². The van der Waals surface area contributed by atoms with Crippen LogP contribution >= 0.6 is 11.6 Å². The van der Waals surface area contributed by atoms with E-state index in [2.05, 4.69) is 26.1 Å². The molecule has 35 heavy (non-hydrogen) atoms. The van der Waals surface area contributed by atoms with Gasteiger partial charge in [0.2, 0.25) is 5.78 Å². The number of aliphatic hydroxyl groups is 3. The predicted octanol–water partition coefficient (Wildman–Crippen LogP) is 3.66. The van der Waals surface area contributed by atoms with Crippen LogP contribution in [0.5, 0.6) is 5.75 Å². The predicted molar refractivity (Wildman–Crippen MR) is 132 cm³/mol. The molecular formula is C26H31ClN2O6. The first-order valence-corrected chi connectivity index (χ1v) is 11.9. The Kier molecular flexibility index (Phi) is 6.07. The van der Waals surface area contributed by atoms with Gasteiger partial charge in [0.1, 0.15) is 22.9 Å². The number of primary amides is 1. The Bertz CT molecular complexity index is 1240. The van der Waals surface area contributed by atoms with Crippen molar-refractivity contribution in [1.82, 2.24) is 5.32 Å². The second kappa shape index (κ2) is 8.40. The minimum absolute atomic E-state index is 0.00613. The quantitative estimate of drug-likeness (QED) is 0.367. The summed E-state index contributed by atoms with van der Waals surface area (Å²) in [6, 6.07) is 1.62. The van der Waals surface area contributed by atoms with E-state index in [1.807, 2.05) is 0 Å². The molecule has 0 bridgehead atoms. The van der Waals surface area contributed by atoms with Crippen molar-refractivity contribution in [2.75, 3.05) is 6.54 Å². The Hall–Kier alpha value is -2.81. The summed E-state index contributed by atoms with van der Waals surface area (Å²) in [5.74, 6) is -4.07. The molecule has 4 rings (SSSR count). The third-order valence-corrected chi connectivity index (χ3v) is 7.35. The van der Waals surface area contributed by atoms with Crippen LogP contribution < -0.4 is 11.1 Å². The summed E-state index contributed by atoms with van der Waals surface area (Å²) in [5, 5.41) is 47.4. The fourth-order valence-electron chi connectivity index (χ4n) is 5.63. The number of carbonyl (C=O) groups excluding carboxylic acids is 2. The van der Waals surface area contributed by atoms with Gasteiger partial charge in [0.15, 0.2) is 0 Å². The van der Waals surface area contributed by atoms with E-state index in [1.165, 1.54) is 6.92 Å². The molecule has 1 amide bonds. The molecule has 8 nitrogen and oxygen atoms in total. The van der Waals surface area contributed by atoms with Crippen molar-refractivity contribution in [3.8, 4) is 5.75 Å². The maximum atomic E-state index is 13.7. The van der Waals surface area contributed by atoms with E-state index in [1.54, 1.807) is 12.1 Å². The fraction of sp³-hybridized carbons (Fsp3) is 0.462. The molecular weight excluding hydrogens is 472 g/mol. The summed E-state index contributed by atoms with van der Waals surface area (Å²) in [6.45, 7) is 8.46. The van der Waals surface area contributed by atoms with E-state index in [4.69, 9.17) is 17.3 Å². The average molecular weight is 503 g/mol. The summed E-state index contributed by atoms with van der Waals surface area (Å²) >= 11 is 6.53. The zero-order chi connectivity index (χ0) is 26.0. The highest BCUT2D eigenvalue weighted by atomic mass is 35.5. The van der Waals surface area contributed by atoms with Crippen molar-refractivity contribution in [3.05, 3.63) is 56.0 Å². The molecule has 9 heteroatoms. The number of halogens is 1. The van der Waals surface area contributed by atoms with Crippen LogP contribution in [0.3, 0.4) is 0 Å². The number of carbonyl (C=O) groups is 2. The molecule has 3 unspecified atom stereocenters. The number of aliphatic hydroxyl groups excluding tert-OH is 2. The Morgan fingerprint density at radius 1 is 1.26 bits per heavy atom. The minimum atomic E-state index is -1.99. The number of hydrogen-bond acceptors (Lipinski definition) is 7. The number of phenolic OH excluding ortho intramolecular Hbond substituents is 1. The standard InChI is InChI=1S/C26H31ClN2O6/c1-25(2,3)10-29-9-13-7-15(27)14-6-11-5-12-8-16(30)20(24(28)34)26(4,35)19(12)23(33)17(11)22(32)18(14)21(13)31/h6-7,12,19,29-31,33,35H,5,8-10H2,1-4H3,(H2,28,34). The van der Waals surface area contributed by atoms with Crippen LogP contribution in [0.25, 0.3) is 6.08 Å². The van der Waals surface area contributed by atoms with Crippen molar-refractivity contribution in [2.45, 2.75) is 52.7 Å². The number of allylic oxidation sites excluding steroid dienone is 3. The first-order chi connectivity index (χ1) is 16.1. The van der Waals surface area contributed by atoms with Gasteiger partial charge in [-0.2, -0.15) is 0 Å². The number of hydrogen-bond donors (Lipinski definition) is 6. The zero-order valence-corrected chi connectivity index (χ0v) is 21.0. The van der Waals surface area contributed by atoms with Crippen molar-refractivity contribution in [3.63, 3.8) is 0 Å². The van der Waals surface area contributed by atoms with E-state index < -0.39 is 34.9 Å². The summed E-state index contributed by atoms with van der Waals surface area (Å²) in [4.78, 5) is 25.6. The van der Waals surface area contributed by atoms with E-state index in [0.717, 1.165) is 0 Å². The number of fused-ring (bicyclic) bond motifs is 3. The Morgan fingerprint density at radius 2 is 1.91 bits per heavy atom. The van der Waals surface area contributed by atoms with Crippen LogP contribution in [0.1, 0.15) is 62.0 Å². The Balaban J connectivity index is 1.80. The zero-order valence-electron chi connectivity index (χ0n) is 20.2. The smallest absolute Gasteiger partial charge is 0.250 e. The van der Waals surface area contributed by atoms with Gasteiger partial charge in [0, 0.05) is 35.7 Å². The lowest BCUT2D eigenvalue weighted by Gasteiger charge is -2.46. The van der Waals surface area contributed by atoms with E-state index in [9.17, 15) is 30.0 Å². The number of nitrogens with two attached hydrogens (primary N) is 1. The van der Waals surface area contributed by atoms with Gasteiger partial charge in [-0.05, 0) is 42.4 Å². The molecule has 0 saturated heterocycles. The van der Waals surface area contributed by atoms with E-state index >= 15 is 0 Å². The molecule has 0 fully saturated rings. The first-order valence-electron chi connectivity index (χ1n) is 11.5. The third-order valence-electron chi connectivity index (χ3n) is 7.04. The SMILES string of the molecule is CC(C)(C)CNCc1cc(Cl)c2c(c1O)C(=O)C1=C(O)C3C(CC1=C2)CC(O)=C(C(N)=O)C3(C)O. The Morgan fingerprint density at radius 3 is 2.51 bits per heavy atom. The minimum Gasteiger partial charge on any atom is -0.512 e. The van der Waals surface area contributed by atoms with Gasteiger partial charge in [-0.25, -0.2) is 0 Å². The molecule has 0 aromatic heterocycles. The molecule has 0 heterocycles. The topological polar surface area (TPSA) is 153 Å². The normalized spacial score (nSPS) is 26.2. The second-order valence-corrected chi connectivity index (χ2v) is 11.5. The average Bonchev–Trinajstić information content (AvgIpc) is 2.68.